The number of furan rings is 1. The normalized spacial score (nSPS) is 11.5. The second kappa shape index (κ2) is 14.8. The summed E-state index contributed by atoms with van der Waals surface area (Å²) in [5.74, 6) is 0. The number of benzene rings is 11. The predicted octanol–water partition coefficient (Wildman–Crippen LogP) is 17.2. The second-order valence-electron chi connectivity index (χ2n) is 16.1. The van der Waals surface area contributed by atoms with E-state index in [1.54, 1.807) is 0 Å². The standard InChI is InChI=1S/C60H39NO/c1-3-17-53-42(10-1)12-9-20-55(53)48-15-7-13-44(36-48)45-14-8-16-52(38-45)61(51-32-26-41(27-33-51)47-29-35-60-58(39-47)57-19-5-6-21-59(57)62-60)50-30-24-40(25-31-50)46-28-34-56-49(37-46)23-22-43-11-2-4-18-54(43)56/h1-39H. The lowest BCUT2D eigenvalue weighted by molar-refractivity contribution is 0.669. The van der Waals surface area contributed by atoms with E-state index in [2.05, 4.69) is 229 Å². The van der Waals surface area contributed by atoms with Crippen molar-refractivity contribution in [2.45, 2.75) is 0 Å². The van der Waals surface area contributed by atoms with Gasteiger partial charge in [0, 0.05) is 27.8 Å². The number of fused-ring (bicyclic) bond motifs is 7. The monoisotopic (exact) mass is 789 g/mol. The Labute approximate surface area is 360 Å². The van der Waals surface area contributed by atoms with Gasteiger partial charge in [-0.3, -0.25) is 0 Å². The highest BCUT2D eigenvalue weighted by Crippen LogP contribution is 2.41. The van der Waals surface area contributed by atoms with Gasteiger partial charge < -0.3 is 9.32 Å². The van der Waals surface area contributed by atoms with E-state index in [9.17, 15) is 0 Å². The van der Waals surface area contributed by atoms with Crippen LogP contribution in [0.5, 0.6) is 0 Å². The Kier molecular flexibility index (Phi) is 8.53. The molecule has 2 nitrogen and oxygen atoms in total. The van der Waals surface area contributed by atoms with Gasteiger partial charge in [-0.05, 0) is 144 Å². The van der Waals surface area contributed by atoms with Crippen LogP contribution in [0.25, 0.3) is 98.8 Å². The number of anilines is 3. The Balaban J connectivity index is 0.934. The molecule has 2 heteroatoms. The molecule has 62 heavy (non-hydrogen) atoms. The fraction of sp³-hybridized carbons (Fsp3) is 0. The van der Waals surface area contributed by atoms with Gasteiger partial charge in [-0.15, -0.1) is 0 Å². The number of rotatable bonds is 7. The zero-order chi connectivity index (χ0) is 41.0. The quantitative estimate of drug-likeness (QED) is 0.150. The molecule has 1 aromatic heterocycles. The zero-order valence-electron chi connectivity index (χ0n) is 33.9. The van der Waals surface area contributed by atoms with Gasteiger partial charge in [-0.2, -0.15) is 0 Å². The molecule has 0 aliphatic rings. The highest BCUT2D eigenvalue weighted by atomic mass is 16.3. The third-order valence-corrected chi connectivity index (χ3v) is 12.4. The van der Waals surface area contributed by atoms with Crippen molar-refractivity contribution in [3.05, 3.63) is 237 Å². The van der Waals surface area contributed by atoms with Crippen LogP contribution in [0, 0.1) is 0 Å². The van der Waals surface area contributed by atoms with Gasteiger partial charge in [0.1, 0.15) is 11.2 Å². The molecule has 0 aliphatic carbocycles. The number of nitrogens with zero attached hydrogens (tertiary/aromatic N) is 1. The summed E-state index contributed by atoms with van der Waals surface area (Å²) in [6.07, 6.45) is 0. The van der Waals surface area contributed by atoms with Gasteiger partial charge in [0.25, 0.3) is 0 Å². The maximum atomic E-state index is 6.14. The van der Waals surface area contributed by atoms with Gasteiger partial charge in [-0.25, -0.2) is 0 Å². The van der Waals surface area contributed by atoms with Crippen LogP contribution in [-0.2, 0) is 0 Å². The van der Waals surface area contributed by atoms with Gasteiger partial charge in [0.15, 0.2) is 0 Å². The van der Waals surface area contributed by atoms with Gasteiger partial charge in [0.05, 0.1) is 0 Å². The molecule has 0 atom stereocenters. The summed E-state index contributed by atoms with van der Waals surface area (Å²) < 4.78 is 6.14. The van der Waals surface area contributed by atoms with Crippen LogP contribution in [0.3, 0.4) is 0 Å². The molecule has 12 rings (SSSR count). The molecule has 11 aromatic carbocycles. The van der Waals surface area contributed by atoms with Crippen LogP contribution < -0.4 is 4.90 Å². The molecular weight excluding hydrogens is 751 g/mol. The Bertz CT molecular complexity index is 3630. The first-order chi connectivity index (χ1) is 30.7. The van der Waals surface area contributed by atoms with Crippen molar-refractivity contribution in [2.24, 2.45) is 0 Å². The van der Waals surface area contributed by atoms with Crippen LogP contribution in [0.1, 0.15) is 0 Å². The summed E-state index contributed by atoms with van der Waals surface area (Å²) in [5, 5.41) is 9.84. The van der Waals surface area contributed by atoms with E-state index < -0.39 is 0 Å². The predicted molar refractivity (Wildman–Crippen MR) is 263 cm³/mol. The van der Waals surface area contributed by atoms with Crippen molar-refractivity contribution in [2.75, 3.05) is 4.90 Å². The van der Waals surface area contributed by atoms with E-state index in [1.165, 1.54) is 60.1 Å². The average molecular weight is 790 g/mol. The van der Waals surface area contributed by atoms with Crippen molar-refractivity contribution in [3.8, 4) is 44.5 Å². The van der Waals surface area contributed by atoms with Crippen molar-refractivity contribution < 1.29 is 4.42 Å². The van der Waals surface area contributed by atoms with E-state index in [4.69, 9.17) is 4.42 Å². The lowest BCUT2D eigenvalue weighted by Gasteiger charge is -2.26. The maximum absolute atomic E-state index is 6.14. The van der Waals surface area contributed by atoms with Gasteiger partial charge in [-0.1, -0.05) is 170 Å². The molecule has 290 valence electrons. The summed E-state index contributed by atoms with van der Waals surface area (Å²) in [6.45, 7) is 0. The zero-order valence-corrected chi connectivity index (χ0v) is 33.9. The highest BCUT2D eigenvalue weighted by molar-refractivity contribution is 6.09. The van der Waals surface area contributed by atoms with E-state index in [1.807, 2.05) is 12.1 Å². The van der Waals surface area contributed by atoms with Crippen molar-refractivity contribution in [3.63, 3.8) is 0 Å². The molecule has 0 radical (unpaired) electrons. The first kappa shape index (κ1) is 35.7. The molecule has 0 saturated heterocycles. The van der Waals surface area contributed by atoms with Crippen molar-refractivity contribution in [1.82, 2.24) is 0 Å². The molecule has 1 heterocycles. The summed E-state index contributed by atoms with van der Waals surface area (Å²) in [6, 6.07) is 85.6. The smallest absolute Gasteiger partial charge is 0.135 e. The first-order valence-electron chi connectivity index (χ1n) is 21.2. The molecule has 12 aromatic rings. The van der Waals surface area contributed by atoms with Crippen LogP contribution in [0.2, 0.25) is 0 Å². The molecule has 0 bridgehead atoms. The van der Waals surface area contributed by atoms with Gasteiger partial charge >= 0.3 is 0 Å². The lowest BCUT2D eigenvalue weighted by atomic mass is 9.95. The molecule has 0 unspecified atom stereocenters. The van der Waals surface area contributed by atoms with Gasteiger partial charge in [0.2, 0.25) is 0 Å². The summed E-state index contributed by atoms with van der Waals surface area (Å²) >= 11 is 0. The molecule has 0 saturated carbocycles. The summed E-state index contributed by atoms with van der Waals surface area (Å²) in [4.78, 5) is 2.37. The minimum Gasteiger partial charge on any atom is -0.456 e. The van der Waals surface area contributed by atoms with Crippen molar-refractivity contribution >= 4 is 71.3 Å². The Morgan fingerprint density at radius 3 is 1.55 bits per heavy atom. The largest absolute Gasteiger partial charge is 0.456 e. The average Bonchev–Trinajstić information content (AvgIpc) is 3.72. The lowest BCUT2D eigenvalue weighted by Crippen LogP contribution is -2.10. The molecule has 0 aliphatic heterocycles. The molecule has 0 fully saturated rings. The summed E-state index contributed by atoms with van der Waals surface area (Å²) in [7, 11) is 0. The second-order valence-corrected chi connectivity index (χ2v) is 16.1. The fourth-order valence-corrected chi connectivity index (χ4v) is 9.32. The SMILES string of the molecule is c1cc(-c2cccc(N(c3ccc(-c4ccc5c(ccc6ccccc65)c4)cc3)c3ccc(-c4ccc5oc6ccccc6c5c4)cc3)c2)cc(-c2cccc3ccccc23)c1. The third kappa shape index (κ3) is 6.29. The fourth-order valence-electron chi connectivity index (χ4n) is 9.32. The molecule has 0 N–H and O–H groups in total. The van der Waals surface area contributed by atoms with E-state index in [-0.39, 0.29) is 0 Å². The van der Waals surface area contributed by atoms with E-state index in [0.29, 0.717) is 0 Å². The topological polar surface area (TPSA) is 16.4 Å². The Morgan fingerprint density at radius 2 is 0.758 bits per heavy atom. The molecule has 0 amide bonds. The minimum absolute atomic E-state index is 0.904. The number of hydrogen-bond acceptors (Lipinski definition) is 2. The Hall–Kier alpha value is -8.20. The van der Waals surface area contributed by atoms with E-state index in [0.717, 1.165) is 55.7 Å². The summed E-state index contributed by atoms with van der Waals surface area (Å²) in [5.41, 5.74) is 14.5. The van der Waals surface area contributed by atoms with Crippen molar-refractivity contribution in [1.29, 1.82) is 0 Å². The van der Waals surface area contributed by atoms with E-state index >= 15 is 0 Å². The number of para-hydroxylation sites is 1. The van der Waals surface area contributed by atoms with Crippen LogP contribution >= 0.6 is 0 Å². The number of hydrogen-bond donors (Lipinski definition) is 0. The molecular formula is C60H39NO. The minimum atomic E-state index is 0.904. The van der Waals surface area contributed by atoms with Crippen LogP contribution in [-0.4, -0.2) is 0 Å². The van der Waals surface area contributed by atoms with Crippen LogP contribution in [0.15, 0.2) is 241 Å². The third-order valence-electron chi connectivity index (χ3n) is 12.4. The first-order valence-corrected chi connectivity index (χ1v) is 21.2. The molecule has 0 spiro atoms. The maximum Gasteiger partial charge on any atom is 0.135 e. The Morgan fingerprint density at radius 1 is 0.242 bits per heavy atom. The highest BCUT2D eigenvalue weighted by Gasteiger charge is 2.16. The van der Waals surface area contributed by atoms with Crippen LogP contribution in [0.4, 0.5) is 17.1 Å².